The Balaban J connectivity index is 0. The molecule has 0 amide bonds. The summed E-state index contributed by atoms with van der Waals surface area (Å²) in [5.41, 5.74) is 0.891. The third kappa shape index (κ3) is 4.48. The summed E-state index contributed by atoms with van der Waals surface area (Å²) < 4.78 is 1.13. The van der Waals surface area contributed by atoms with Crippen LogP contribution in [0.2, 0.25) is 19.6 Å². The predicted octanol–water partition coefficient (Wildman–Crippen LogP) is -0.647. The number of nitrogens with zero attached hydrogens (tertiary/aromatic N) is 1. The lowest BCUT2D eigenvalue weighted by atomic mass is 10.4. The summed E-state index contributed by atoms with van der Waals surface area (Å²) in [4.78, 5) is 0. The first kappa shape index (κ1) is 15.0. The first-order valence-corrected chi connectivity index (χ1v) is 8.08. The van der Waals surface area contributed by atoms with Crippen molar-refractivity contribution in [2.75, 3.05) is 21.1 Å². The summed E-state index contributed by atoms with van der Waals surface area (Å²) in [6, 6.07) is 0. The van der Waals surface area contributed by atoms with Crippen LogP contribution in [0.25, 0.3) is 0 Å². The zero-order valence-corrected chi connectivity index (χ0v) is 11.4. The lowest BCUT2D eigenvalue weighted by Gasteiger charge is -2.40. The molecule has 0 aromatic rings. The quantitative estimate of drug-likeness (QED) is 0.429. The maximum atomic E-state index is 2.46. The Hall–Kier alpha value is 0.467. The Morgan fingerprint density at radius 2 is 1.42 bits per heavy atom. The van der Waals surface area contributed by atoms with E-state index in [0.29, 0.717) is 0 Å². The van der Waals surface area contributed by atoms with Gasteiger partial charge in [0.15, 0.2) is 0 Å². The van der Waals surface area contributed by atoms with E-state index in [4.69, 9.17) is 0 Å². The van der Waals surface area contributed by atoms with Gasteiger partial charge in [0.2, 0.25) is 0 Å². The average Bonchev–Trinajstić information content (AvgIpc) is 1.56. The van der Waals surface area contributed by atoms with Crippen molar-refractivity contribution in [3.63, 3.8) is 0 Å². The molecule has 0 saturated carbocycles. The molecule has 0 aromatic carbocycles. The second-order valence-corrected chi connectivity index (χ2v) is 10.8. The van der Waals surface area contributed by atoms with Crippen molar-refractivity contribution in [3.05, 3.63) is 0 Å². The van der Waals surface area contributed by atoms with E-state index in [1.165, 1.54) is 6.42 Å². The number of hydrogen-bond donors (Lipinski definition) is 0. The molecule has 3 heteroatoms. The summed E-state index contributed by atoms with van der Waals surface area (Å²) in [6.45, 7) is 9.70. The van der Waals surface area contributed by atoms with Crippen LogP contribution < -0.4 is 12.4 Å². The molecule has 1 unspecified atom stereocenters. The molecule has 0 aliphatic carbocycles. The van der Waals surface area contributed by atoms with Gasteiger partial charge in [-0.3, -0.25) is 0 Å². The molecule has 0 N–H and O–H groups in total. The largest absolute Gasteiger partial charge is 1.00 e. The fraction of sp³-hybridized carbons (Fsp3) is 1.00. The number of halogens is 1. The van der Waals surface area contributed by atoms with Gasteiger partial charge in [-0.05, 0) is 6.42 Å². The minimum atomic E-state index is -0.950. The Kier molecular flexibility index (Phi) is 5.78. The third-order valence-corrected chi connectivity index (χ3v) is 5.50. The van der Waals surface area contributed by atoms with Gasteiger partial charge in [0.05, 0.1) is 26.8 Å². The van der Waals surface area contributed by atoms with Crippen LogP contribution in [0.5, 0.6) is 0 Å². The number of hydrogen-bond acceptors (Lipinski definition) is 0. The molecule has 0 spiro atoms. The standard InChI is InChI=1S/C9H24NSi.ClH/c1-8-9(10(2,3)4)11(5,6)7;/h9H,8H2,1-7H3;1H/q+1;/p-1. The zero-order valence-electron chi connectivity index (χ0n) is 9.61. The molecule has 0 aliphatic heterocycles. The summed E-state index contributed by atoms with van der Waals surface area (Å²) in [7, 11) is 5.99. The van der Waals surface area contributed by atoms with Crippen LogP contribution in [0.1, 0.15) is 13.3 Å². The maximum absolute atomic E-state index is 2.46. The molecule has 0 fully saturated rings. The monoisotopic (exact) mass is 209 g/mol. The highest BCUT2D eigenvalue weighted by atomic mass is 35.5. The first-order chi connectivity index (χ1) is 4.69. The highest BCUT2D eigenvalue weighted by molar-refractivity contribution is 6.77. The molecule has 76 valence electrons. The highest BCUT2D eigenvalue weighted by Crippen LogP contribution is 2.19. The number of rotatable bonds is 3. The smallest absolute Gasteiger partial charge is 0.114 e. The summed E-state index contributed by atoms with van der Waals surface area (Å²) in [5.74, 6) is 0. The van der Waals surface area contributed by atoms with Crippen molar-refractivity contribution in [1.29, 1.82) is 0 Å². The van der Waals surface area contributed by atoms with Crippen molar-refractivity contribution in [2.24, 2.45) is 0 Å². The normalized spacial score (nSPS) is 15.2. The summed E-state index contributed by atoms with van der Waals surface area (Å²) in [6.07, 6.45) is 1.32. The minimum Gasteiger partial charge on any atom is -1.00 e. The van der Waals surface area contributed by atoms with Crippen LogP contribution in [-0.4, -0.2) is 39.4 Å². The molecule has 12 heavy (non-hydrogen) atoms. The van der Waals surface area contributed by atoms with E-state index in [-0.39, 0.29) is 12.4 Å². The maximum Gasteiger partial charge on any atom is 0.114 e. The molecule has 0 aromatic heterocycles. The van der Waals surface area contributed by atoms with Crippen molar-refractivity contribution in [2.45, 2.75) is 38.7 Å². The van der Waals surface area contributed by atoms with Gasteiger partial charge in [-0.25, -0.2) is 0 Å². The second kappa shape index (κ2) is 4.63. The van der Waals surface area contributed by atoms with Gasteiger partial charge in [0, 0.05) is 0 Å². The second-order valence-electron chi connectivity index (χ2n) is 5.41. The molecule has 1 nitrogen and oxygen atoms in total. The predicted molar refractivity (Wildman–Crippen MR) is 55.5 cm³/mol. The van der Waals surface area contributed by atoms with Crippen LogP contribution in [-0.2, 0) is 0 Å². The van der Waals surface area contributed by atoms with Crippen LogP contribution in [0.15, 0.2) is 0 Å². The van der Waals surface area contributed by atoms with Crippen LogP contribution in [0.3, 0.4) is 0 Å². The van der Waals surface area contributed by atoms with E-state index < -0.39 is 8.07 Å². The van der Waals surface area contributed by atoms with Crippen LogP contribution in [0.4, 0.5) is 0 Å². The highest BCUT2D eigenvalue weighted by Gasteiger charge is 2.35. The van der Waals surface area contributed by atoms with E-state index >= 15 is 0 Å². The molecule has 0 aliphatic rings. The molecular weight excluding hydrogens is 186 g/mol. The third-order valence-electron chi connectivity index (χ3n) is 2.32. The van der Waals surface area contributed by atoms with Crippen LogP contribution >= 0.6 is 0 Å². The van der Waals surface area contributed by atoms with Gasteiger partial charge in [0.1, 0.15) is 8.07 Å². The summed E-state index contributed by atoms with van der Waals surface area (Å²) in [5, 5.41) is 0. The van der Waals surface area contributed by atoms with Crippen molar-refractivity contribution in [1.82, 2.24) is 0 Å². The first-order valence-electron chi connectivity index (χ1n) is 4.50. The Labute approximate surface area is 85.2 Å². The van der Waals surface area contributed by atoms with Gasteiger partial charge in [0.25, 0.3) is 0 Å². The van der Waals surface area contributed by atoms with E-state index in [1.807, 2.05) is 0 Å². The SMILES string of the molecule is CCC([N+](C)(C)C)[Si](C)(C)C.[Cl-]. The Morgan fingerprint density at radius 1 is 1.08 bits per heavy atom. The average molecular weight is 210 g/mol. The zero-order chi connectivity index (χ0) is 9.28. The lowest BCUT2D eigenvalue weighted by molar-refractivity contribution is -0.884. The molecule has 0 rings (SSSR count). The van der Waals surface area contributed by atoms with E-state index in [1.54, 1.807) is 0 Å². The topological polar surface area (TPSA) is 0 Å². The van der Waals surface area contributed by atoms with Gasteiger partial charge in [-0.15, -0.1) is 0 Å². The Bertz CT molecular complexity index is 109. The molecule has 0 heterocycles. The van der Waals surface area contributed by atoms with E-state index in [0.717, 1.165) is 10.1 Å². The minimum absolute atomic E-state index is 0. The fourth-order valence-corrected chi connectivity index (χ4v) is 5.87. The van der Waals surface area contributed by atoms with E-state index in [9.17, 15) is 0 Å². The fourth-order valence-electron chi connectivity index (χ4n) is 2.32. The van der Waals surface area contributed by atoms with Crippen molar-refractivity contribution < 1.29 is 16.9 Å². The van der Waals surface area contributed by atoms with Gasteiger partial charge >= 0.3 is 0 Å². The molecule has 0 bridgehead atoms. The lowest BCUT2D eigenvalue weighted by Crippen LogP contribution is -3.00. The molecule has 0 radical (unpaired) electrons. The molecular formula is C9H24ClNSi. The summed E-state index contributed by atoms with van der Waals surface area (Å²) >= 11 is 0. The van der Waals surface area contributed by atoms with Crippen molar-refractivity contribution >= 4 is 8.07 Å². The van der Waals surface area contributed by atoms with E-state index in [2.05, 4.69) is 47.7 Å². The van der Waals surface area contributed by atoms with Gasteiger partial charge < -0.3 is 16.9 Å². The van der Waals surface area contributed by atoms with Crippen LogP contribution in [0, 0.1) is 0 Å². The molecule has 0 saturated heterocycles. The van der Waals surface area contributed by atoms with Crippen molar-refractivity contribution in [3.8, 4) is 0 Å². The van der Waals surface area contributed by atoms with Gasteiger partial charge in [-0.2, -0.15) is 0 Å². The molecule has 1 atom stereocenters. The number of quaternary nitrogens is 1. The Morgan fingerprint density at radius 3 is 1.42 bits per heavy atom. The van der Waals surface area contributed by atoms with Gasteiger partial charge in [-0.1, -0.05) is 26.6 Å².